The SMILES string of the molecule is Cc1ccc(-c2cc(C(=O)Nc3c(C)nn(Cc4ccccc4F)c3C)no2)cc1. The maximum absolute atomic E-state index is 14.0. The summed E-state index contributed by atoms with van der Waals surface area (Å²) < 4.78 is 21.0. The van der Waals surface area contributed by atoms with Crippen molar-refractivity contribution in [2.45, 2.75) is 27.3 Å². The number of nitrogens with one attached hydrogen (secondary N) is 1. The number of carbonyl (C=O) groups excluding carboxylic acids is 1. The number of hydrogen-bond acceptors (Lipinski definition) is 4. The molecule has 6 nitrogen and oxygen atoms in total. The zero-order chi connectivity index (χ0) is 21.3. The van der Waals surface area contributed by atoms with E-state index >= 15 is 0 Å². The first-order valence-electron chi connectivity index (χ1n) is 9.55. The second-order valence-electron chi connectivity index (χ2n) is 7.19. The first kappa shape index (κ1) is 19.6. The Morgan fingerprint density at radius 1 is 1.10 bits per heavy atom. The molecule has 7 heteroatoms. The van der Waals surface area contributed by atoms with Crippen LogP contribution in [0.2, 0.25) is 0 Å². The third kappa shape index (κ3) is 3.87. The number of anilines is 1. The van der Waals surface area contributed by atoms with E-state index < -0.39 is 5.91 Å². The second kappa shape index (κ2) is 7.94. The highest BCUT2D eigenvalue weighted by Gasteiger charge is 2.19. The summed E-state index contributed by atoms with van der Waals surface area (Å²) in [5.74, 6) is -0.167. The number of aromatic nitrogens is 3. The highest BCUT2D eigenvalue weighted by Crippen LogP contribution is 2.24. The lowest BCUT2D eigenvalue weighted by atomic mass is 10.1. The van der Waals surface area contributed by atoms with Crippen molar-refractivity contribution in [3.05, 3.63) is 88.6 Å². The molecule has 0 spiro atoms. The van der Waals surface area contributed by atoms with E-state index in [1.165, 1.54) is 6.07 Å². The Hall–Kier alpha value is -3.74. The molecular weight excluding hydrogens is 383 g/mol. The van der Waals surface area contributed by atoms with Gasteiger partial charge in [0.2, 0.25) is 0 Å². The van der Waals surface area contributed by atoms with Gasteiger partial charge in [-0.05, 0) is 26.8 Å². The van der Waals surface area contributed by atoms with E-state index in [9.17, 15) is 9.18 Å². The molecule has 0 aliphatic carbocycles. The van der Waals surface area contributed by atoms with Gasteiger partial charge < -0.3 is 9.84 Å². The zero-order valence-corrected chi connectivity index (χ0v) is 16.9. The Morgan fingerprint density at radius 3 is 2.57 bits per heavy atom. The third-order valence-corrected chi connectivity index (χ3v) is 4.98. The predicted octanol–water partition coefficient (Wildman–Crippen LogP) is 4.90. The number of nitrogens with zero attached hydrogens (tertiary/aromatic N) is 3. The van der Waals surface area contributed by atoms with E-state index in [2.05, 4.69) is 15.6 Å². The van der Waals surface area contributed by atoms with Crippen molar-refractivity contribution in [3.63, 3.8) is 0 Å². The molecule has 2 aromatic heterocycles. The topological polar surface area (TPSA) is 73.0 Å². The van der Waals surface area contributed by atoms with Crippen molar-refractivity contribution in [2.75, 3.05) is 5.32 Å². The summed E-state index contributed by atoms with van der Waals surface area (Å²) in [6.45, 7) is 5.90. The van der Waals surface area contributed by atoms with Crippen molar-refractivity contribution in [3.8, 4) is 11.3 Å². The molecule has 1 amide bonds. The van der Waals surface area contributed by atoms with Gasteiger partial charge in [0.1, 0.15) is 5.82 Å². The van der Waals surface area contributed by atoms with Gasteiger partial charge in [0.25, 0.3) is 5.91 Å². The number of aryl methyl sites for hydroxylation is 2. The minimum atomic E-state index is -0.395. The van der Waals surface area contributed by atoms with Crippen molar-refractivity contribution in [2.24, 2.45) is 0 Å². The summed E-state index contributed by atoms with van der Waals surface area (Å²) in [5, 5.41) is 11.2. The van der Waals surface area contributed by atoms with Gasteiger partial charge in [-0.15, -0.1) is 0 Å². The molecule has 4 rings (SSSR count). The van der Waals surface area contributed by atoms with Gasteiger partial charge in [-0.2, -0.15) is 5.10 Å². The van der Waals surface area contributed by atoms with Gasteiger partial charge in [0.15, 0.2) is 11.5 Å². The standard InChI is InChI=1S/C23H21FN4O2/c1-14-8-10-17(11-9-14)21-12-20(27-30-21)23(29)25-22-15(2)26-28(16(22)3)13-18-6-4-5-7-19(18)24/h4-12H,13H2,1-3H3,(H,25,29). The molecule has 0 unspecified atom stereocenters. The van der Waals surface area contributed by atoms with Crippen LogP contribution in [-0.2, 0) is 6.54 Å². The van der Waals surface area contributed by atoms with Crippen LogP contribution in [0.1, 0.15) is 33.0 Å². The van der Waals surface area contributed by atoms with Crippen LogP contribution in [0.5, 0.6) is 0 Å². The van der Waals surface area contributed by atoms with Crippen LogP contribution in [0, 0.1) is 26.6 Å². The summed E-state index contributed by atoms with van der Waals surface area (Å²) in [7, 11) is 0. The quantitative estimate of drug-likeness (QED) is 0.513. The van der Waals surface area contributed by atoms with Gasteiger partial charge in [0, 0.05) is 17.2 Å². The first-order valence-corrected chi connectivity index (χ1v) is 9.55. The Balaban J connectivity index is 1.53. The van der Waals surface area contributed by atoms with Crippen LogP contribution < -0.4 is 5.32 Å². The number of rotatable bonds is 5. The molecule has 4 aromatic rings. The van der Waals surface area contributed by atoms with Gasteiger partial charge >= 0.3 is 0 Å². The highest BCUT2D eigenvalue weighted by atomic mass is 19.1. The molecule has 0 saturated carbocycles. The first-order chi connectivity index (χ1) is 14.4. The maximum Gasteiger partial charge on any atom is 0.277 e. The lowest BCUT2D eigenvalue weighted by Crippen LogP contribution is -2.13. The van der Waals surface area contributed by atoms with E-state index in [0.717, 1.165) is 16.8 Å². The Bertz CT molecular complexity index is 1210. The number of halogens is 1. The molecule has 2 heterocycles. The van der Waals surface area contributed by atoms with E-state index in [0.29, 0.717) is 22.7 Å². The molecule has 2 aromatic carbocycles. The van der Waals surface area contributed by atoms with E-state index in [1.54, 1.807) is 35.9 Å². The van der Waals surface area contributed by atoms with Crippen molar-refractivity contribution < 1.29 is 13.7 Å². The third-order valence-electron chi connectivity index (χ3n) is 4.98. The minimum Gasteiger partial charge on any atom is -0.355 e. The van der Waals surface area contributed by atoms with Crippen LogP contribution in [0.3, 0.4) is 0 Å². The minimum absolute atomic E-state index is 0.172. The normalized spacial score (nSPS) is 10.9. The van der Waals surface area contributed by atoms with Crippen molar-refractivity contribution in [1.29, 1.82) is 0 Å². The van der Waals surface area contributed by atoms with Crippen LogP contribution in [0.4, 0.5) is 10.1 Å². The van der Waals surface area contributed by atoms with Gasteiger partial charge in [-0.3, -0.25) is 9.48 Å². The van der Waals surface area contributed by atoms with Crippen molar-refractivity contribution >= 4 is 11.6 Å². The molecule has 0 aliphatic heterocycles. The van der Waals surface area contributed by atoms with Crippen molar-refractivity contribution in [1.82, 2.24) is 14.9 Å². The summed E-state index contributed by atoms with van der Waals surface area (Å²) in [4.78, 5) is 12.7. The summed E-state index contributed by atoms with van der Waals surface area (Å²) in [5.41, 5.74) is 4.63. The smallest absolute Gasteiger partial charge is 0.277 e. The molecule has 152 valence electrons. The number of benzene rings is 2. The fourth-order valence-electron chi connectivity index (χ4n) is 3.23. The summed E-state index contributed by atoms with van der Waals surface area (Å²) in [6.07, 6.45) is 0. The molecular formula is C23H21FN4O2. The van der Waals surface area contributed by atoms with E-state index in [1.807, 2.05) is 38.1 Å². The summed E-state index contributed by atoms with van der Waals surface area (Å²) >= 11 is 0. The molecule has 0 fully saturated rings. The highest BCUT2D eigenvalue weighted by molar-refractivity contribution is 6.03. The largest absolute Gasteiger partial charge is 0.355 e. The van der Waals surface area contributed by atoms with Gasteiger partial charge in [-0.1, -0.05) is 53.2 Å². The molecule has 0 aliphatic rings. The van der Waals surface area contributed by atoms with Gasteiger partial charge in [-0.25, -0.2) is 4.39 Å². The van der Waals surface area contributed by atoms with Crippen LogP contribution in [-0.4, -0.2) is 20.8 Å². The van der Waals surface area contributed by atoms with Gasteiger partial charge in [0.05, 0.1) is 23.6 Å². The maximum atomic E-state index is 14.0. The summed E-state index contributed by atoms with van der Waals surface area (Å²) in [6, 6.07) is 15.9. The average Bonchev–Trinajstić information content (AvgIpc) is 3.32. The molecule has 0 saturated heterocycles. The molecule has 30 heavy (non-hydrogen) atoms. The van der Waals surface area contributed by atoms with E-state index in [4.69, 9.17) is 4.52 Å². The fraction of sp³-hybridized carbons (Fsp3) is 0.174. The lowest BCUT2D eigenvalue weighted by Gasteiger charge is -2.07. The average molecular weight is 404 g/mol. The molecule has 0 atom stereocenters. The lowest BCUT2D eigenvalue weighted by molar-refractivity contribution is 0.101. The molecule has 1 N–H and O–H groups in total. The second-order valence-corrected chi connectivity index (χ2v) is 7.19. The monoisotopic (exact) mass is 404 g/mol. The number of hydrogen-bond donors (Lipinski definition) is 1. The zero-order valence-electron chi connectivity index (χ0n) is 16.9. The predicted molar refractivity (Wildman–Crippen MR) is 112 cm³/mol. The molecule has 0 bridgehead atoms. The number of amides is 1. The van der Waals surface area contributed by atoms with Crippen LogP contribution in [0.25, 0.3) is 11.3 Å². The Morgan fingerprint density at radius 2 is 1.83 bits per heavy atom. The van der Waals surface area contributed by atoms with Crippen LogP contribution in [0.15, 0.2) is 59.1 Å². The Labute approximate surface area is 173 Å². The fourth-order valence-corrected chi connectivity index (χ4v) is 3.23. The number of carbonyl (C=O) groups is 1. The van der Waals surface area contributed by atoms with E-state index in [-0.39, 0.29) is 18.1 Å². The van der Waals surface area contributed by atoms with Crippen LogP contribution >= 0.6 is 0 Å². The molecule has 0 radical (unpaired) electrons. The Kier molecular flexibility index (Phi) is 5.18.